The van der Waals surface area contributed by atoms with Gasteiger partial charge in [0.05, 0.1) is 30.5 Å². The van der Waals surface area contributed by atoms with Gasteiger partial charge in [-0.3, -0.25) is 0 Å². The lowest BCUT2D eigenvalue weighted by molar-refractivity contribution is -0.132. The Kier molecular flexibility index (Phi) is 62.9. The molecule has 0 spiro atoms. The van der Waals surface area contributed by atoms with E-state index >= 15 is 0 Å². The van der Waals surface area contributed by atoms with Crippen molar-refractivity contribution in [2.24, 2.45) is 0 Å². The third-order valence-electron chi connectivity index (χ3n) is 5.52. The quantitative estimate of drug-likeness (QED) is 0.0620. The summed E-state index contributed by atoms with van der Waals surface area (Å²) >= 11 is 0. The molecule has 0 aliphatic heterocycles. The van der Waals surface area contributed by atoms with Crippen molar-refractivity contribution in [3.63, 3.8) is 0 Å². The third kappa shape index (κ3) is 96.8. The third-order valence-corrected chi connectivity index (χ3v) is 5.52. The van der Waals surface area contributed by atoms with E-state index in [-0.39, 0.29) is 69.1 Å². The number of rotatable bonds is 21. The standard InChI is InChI=1S/5C6H14O2.C4H6O2/c5*1-6(8)4-2-3-5-7;1-3(2)4(5)6/h5*6-8H,2-5H2,1H3;1H2,2H3,(H,5,6). The molecule has 0 aromatic heterocycles. The molecule has 0 saturated heterocycles. The largest absolute Gasteiger partial charge is 0.478 e. The maximum atomic E-state index is 9.60. The highest BCUT2D eigenvalue weighted by atomic mass is 16.4. The minimum Gasteiger partial charge on any atom is -0.478 e. The fourth-order valence-electron chi connectivity index (χ4n) is 2.76. The molecule has 0 heterocycles. The molecule has 0 bridgehead atoms. The van der Waals surface area contributed by atoms with E-state index in [4.69, 9.17) is 56.2 Å². The van der Waals surface area contributed by atoms with Gasteiger partial charge in [-0.1, -0.05) is 6.58 Å². The topological polar surface area (TPSA) is 240 Å². The lowest BCUT2D eigenvalue weighted by Gasteiger charge is -1.99. The van der Waals surface area contributed by atoms with Gasteiger partial charge >= 0.3 is 5.97 Å². The first-order valence-electron chi connectivity index (χ1n) is 16.8. The average molecular weight is 677 g/mol. The zero-order valence-corrected chi connectivity index (χ0v) is 30.1. The second kappa shape index (κ2) is 50.7. The molecule has 0 aliphatic rings. The number of hydrogen-bond donors (Lipinski definition) is 11. The summed E-state index contributed by atoms with van der Waals surface area (Å²) in [4.78, 5) is 9.60. The van der Waals surface area contributed by atoms with Crippen molar-refractivity contribution in [3.8, 4) is 0 Å². The van der Waals surface area contributed by atoms with Crippen LogP contribution in [0, 0.1) is 0 Å². The first kappa shape index (κ1) is 57.1. The number of aliphatic hydroxyl groups excluding tert-OH is 10. The molecule has 0 aromatic rings. The molecule has 0 radical (unpaired) electrons. The van der Waals surface area contributed by atoms with E-state index in [0.29, 0.717) is 0 Å². The lowest BCUT2D eigenvalue weighted by Crippen LogP contribution is -1.98. The van der Waals surface area contributed by atoms with Crippen LogP contribution in [0.3, 0.4) is 0 Å². The van der Waals surface area contributed by atoms with Crippen LogP contribution >= 0.6 is 0 Å². The van der Waals surface area contributed by atoms with Crippen molar-refractivity contribution >= 4 is 5.97 Å². The molecule has 11 N–H and O–H groups in total. The number of aliphatic carboxylic acids is 1. The molecular weight excluding hydrogens is 600 g/mol. The van der Waals surface area contributed by atoms with Gasteiger partial charge in [-0.15, -0.1) is 0 Å². The van der Waals surface area contributed by atoms with Crippen LogP contribution in [0.5, 0.6) is 0 Å². The van der Waals surface area contributed by atoms with Gasteiger partial charge in [0.25, 0.3) is 0 Å². The van der Waals surface area contributed by atoms with Gasteiger partial charge in [0, 0.05) is 38.6 Å². The van der Waals surface area contributed by atoms with Gasteiger partial charge in [-0.2, -0.15) is 0 Å². The van der Waals surface area contributed by atoms with Crippen LogP contribution in [0.4, 0.5) is 0 Å². The fourth-order valence-corrected chi connectivity index (χ4v) is 2.76. The number of carboxylic acid groups (broad SMARTS) is 1. The van der Waals surface area contributed by atoms with Crippen molar-refractivity contribution in [1.29, 1.82) is 0 Å². The molecule has 5 atom stereocenters. The molecule has 5 unspecified atom stereocenters. The Labute approximate surface area is 280 Å². The molecule has 0 saturated carbocycles. The summed E-state index contributed by atoms with van der Waals surface area (Å²) in [5.74, 6) is -0.935. The number of unbranched alkanes of at least 4 members (excludes halogenated alkanes) is 5. The Morgan fingerprint density at radius 2 is 0.565 bits per heavy atom. The smallest absolute Gasteiger partial charge is 0.330 e. The maximum Gasteiger partial charge on any atom is 0.330 e. The van der Waals surface area contributed by atoms with E-state index < -0.39 is 5.97 Å². The van der Waals surface area contributed by atoms with Crippen LogP contribution < -0.4 is 0 Å². The van der Waals surface area contributed by atoms with Gasteiger partial charge in [-0.25, -0.2) is 4.79 Å². The maximum absolute atomic E-state index is 9.60. The highest BCUT2D eigenvalue weighted by Crippen LogP contribution is 2.00. The highest BCUT2D eigenvalue weighted by Gasteiger charge is 1.95. The van der Waals surface area contributed by atoms with E-state index in [1.54, 1.807) is 34.6 Å². The summed E-state index contributed by atoms with van der Waals surface area (Å²) in [7, 11) is 0. The van der Waals surface area contributed by atoms with Crippen LogP contribution in [0.2, 0.25) is 0 Å². The van der Waals surface area contributed by atoms with Crippen LogP contribution in [-0.4, -0.2) is 126 Å². The second-order valence-electron chi connectivity index (χ2n) is 11.4. The zero-order chi connectivity index (χ0) is 37.2. The average Bonchev–Trinajstić information content (AvgIpc) is 2.95. The molecule has 0 aliphatic carbocycles. The summed E-state index contributed by atoms with van der Waals surface area (Å²) in [6.45, 7) is 14.6. The minimum atomic E-state index is -0.935. The van der Waals surface area contributed by atoms with Crippen LogP contribution in [0.15, 0.2) is 12.2 Å². The SMILES string of the molecule is C=C(C)C(=O)O.CC(O)CCCCO.CC(O)CCCCO.CC(O)CCCCO.CC(O)CCCCO.CC(O)CCCCO. The van der Waals surface area contributed by atoms with Crippen molar-refractivity contribution in [2.75, 3.05) is 33.0 Å². The first-order valence-corrected chi connectivity index (χ1v) is 16.8. The Morgan fingerprint density at radius 3 is 0.630 bits per heavy atom. The van der Waals surface area contributed by atoms with Gasteiger partial charge in [0.15, 0.2) is 0 Å². The van der Waals surface area contributed by atoms with Gasteiger partial charge in [0.2, 0.25) is 0 Å². The fraction of sp³-hybridized carbons (Fsp3) is 0.912. The van der Waals surface area contributed by atoms with Crippen molar-refractivity contribution in [1.82, 2.24) is 0 Å². The minimum absolute atomic E-state index is 0.176. The van der Waals surface area contributed by atoms with Gasteiger partial charge in [-0.05, 0) is 138 Å². The summed E-state index contributed by atoms with van der Waals surface area (Å²) < 4.78 is 0. The zero-order valence-electron chi connectivity index (χ0n) is 30.1. The lowest BCUT2D eigenvalue weighted by atomic mass is 10.2. The van der Waals surface area contributed by atoms with E-state index in [1.165, 1.54) is 6.92 Å². The Balaban J connectivity index is -0.000000105. The molecule has 46 heavy (non-hydrogen) atoms. The monoisotopic (exact) mass is 677 g/mol. The number of aliphatic hydroxyl groups is 10. The molecule has 0 rings (SSSR count). The number of carboxylic acids is 1. The predicted molar refractivity (Wildman–Crippen MR) is 186 cm³/mol. The van der Waals surface area contributed by atoms with Crippen LogP contribution in [0.1, 0.15) is 138 Å². The van der Waals surface area contributed by atoms with Crippen molar-refractivity contribution in [3.05, 3.63) is 12.2 Å². The Bertz CT molecular complexity index is 449. The molecular formula is C34H76O12. The molecule has 0 fully saturated rings. The van der Waals surface area contributed by atoms with E-state index in [2.05, 4.69) is 6.58 Å². The molecule has 12 nitrogen and oxygen atoms in total. The molecule has 12 heteroatoms. The normalized spacial score (nSPS) is 13.0. The highest BCUT2D eigenvalue weighted by molar-refractivity contribution is 5.84. The summed E-state index contributed by atoms with van der Waals surface area (Å²) in [6, 6.07) is 0. The summed E-state index contributed by atoms with van der Waals surface area (Å²) in [5, 5.41) is 92.9. The van der Waals surface area contributed by atoms with Crippen LogP contribution in [-0.2, 0) is 4.79 Å². The number of hydrogen-bond acceptors (Lipinski definition) is 11. The van der Waals surface area contributed by atoms with Gasteiger partial charge < -0.3 is 56.2 Å². The number of carbonyl (C=O) groups is 1. The van der Waals surface area contributed by atoms with Crippen LogP contribution in [0.25, 0.3) is 0 Å². The second-order valence-corrected chi connectivity index (χ2v) is 11.4. The van der Waals surface area contributed by atoms with Gasteiger partial charge in [0.1, 0.15) is 0 Å². The van der Waals surface area contributed by atoms with E-state index in [9.17, 15) is 4.79 Å². The predicted octanol–water partition coefficient (Wildman–Crippen LogP) is 3.30. The summed E-state index contributed by atoms with van der Waals surface area (Å²) in [5.41, 5.74) is 0.176. The van der Waals surface area contributed by atoms with E-state index in [0.717, 1.165) is 96.3 Å². The Morgan fingerprint density at radius 1 is 0.435 bits per heavy atom. The molecule has 0 aromatic carbocycles. The van der Waals surface area contributed by atoms with Crippen molar-refractivity contribution in [2.45, 2.75) is 168 Å². The first-order chi connectivity index (χ1) is 21.5. The molecule has 0 amide bonds. The molecule has 284 valence electrons. The summed E-state index contributed by atoms with van der Waals surface area (Å²) in [6.07, 6.45) is 11.7. The Hall–Kier alpha value is -1.19. The van der Waals surface area contributed by atoms with Crippen molar-refractivity contribution < 1.29 is 61.0 Å². The van der Waals surface area contributed by atoms with E-state index in [1.807, 2.05) is 0 Å².